The summed E-state index contributed by atoms with van der Waals surface area (Å²) in [6, 6.07) is 11.1. The average molecular weight is 444 g/mol. The Bertz CT molecular complexity index is 1100. The molecule has 1 aromatic heterocycles. The van der Waals surface area contributed by atoms with Crippen molar-refractivity contribution in [3.63, 3.8) is 0 Å². The zero-order chi connectivity index (χ0) is 22.0. The Labute approximate surface area is 184 Å². The highest BCUT2D eigenvalue weighted by molar-refractivity contribution is 6.30. The van der Waals surface area contributed by atoms with Crippen LogP contribution in [0.1, 0.15) is 42.5 Å². The number of esters is 1. The van der Waals surface area contributed by atoms with Crippen molar-refractivity contribution in [2.75, 3.05) is 20.8 Å². The van der Waals surface area contributed by atoms with Gasteiger partial charge in [-0.1, -0.05) is 23.7 Å². The fraction of sp³-hybridized carbons (Fsp3) is 0.318. The van der Waals surface area contributed by atoms with Crippen LogP contribution in [-0.4, -0.2) is 41.6 Å². The van der Waals surface area contributed by atoms with Gasteiger partial charge < -0.3 is 18.9 Å². The summed E-state index contributed by atoms with van der Waals surface area (Å²) in [5.74, 6) is 1.22. The molecule has 31 heavy (non-hydrogen) atoms. The summed E-state index contributed by atoms with van der Waals surface area (Å²) < 4.78 is 24.6. The normalized spacial score (nSPS) is 17.3. The van der Waals surface area contributed by atoms with Crippen molar-refractivity contribution in [3.05, 3.63) is 64.7 Å². The van der Waals surface area contributed by atoms with Crippen molar-refractivity contribution < 1.29 is 23.7 Å². The molecule has 0 amide bonds. The quantitative estimate of drug-likeness (QED) is 0.531. The van der Waals surface area contributed by atoms with E-state index in [0.717, 1.165) is 16.8 Å². The van der Waals surface area contributed by atoms with Crippen LogP contribution in [0, 0.1) is 0 Å². The first kappa shape index (κ1) is 21.1. The van der Waals surface area contributed by atoms with E-state index in [-0.39, 0.29) is 19.0 Å². The Kier molecular flexibility index (Phi) is 6.11. The SMILES string of the molecule is CCOC(=O)CC1OC(c2cccc(OC)c2OC)c2cc(Cl)ccc2-n2cnnc21. The summed E-state index contributed by atoms with van der Waals surface area (Å²) in [5, 5.41) is 8.81. The van der Waals surface area contributed by atoms with Gasteiger partial charge in [0.05, 0.1) is 32.9 Å². The Morgan fingerprint density at radius 2 is 2.03 bits per heavy atom. The maximum Gasteiger partial charge on any atom is 0.308 e. The van der Waals surface area contributed by atoms with Crippen molar-refractivity contribution >= 4 is 17.6 Å². The van der Waals surface area contributed by atoms with E-state index in [1.807, 2.05) is 34.9 Å². The van der Waals surface area contributed by atoms with Crippen LogP contribution in [-0.2, 0) is 14.3 Å². The Balaban J connectivity index is 1.90. The lowest BCUT2D eigenvalue weighted by molar-refractivity contribution is -0.147. The number of nitrogens with zero attached hydrogens (tertiary/aromatic N) is 3. The van der Waals surface area contributed by atoms with Crippen LogP contribution in [0.4, 0.5) is 0 Å². The first-order valence-corrected chi connectivity index (χ1v) is 10.2. The number of benzene rings is 2. The molecule has 0 bridgehead atoms. The third-order valence-corrected chi connectivity index (χ3v) is 5.30. The third-order valence-electron chi connectivity index (χ3n) is 5.07. The maximum atomic E-state index is 12.3. The molecule has 2 heterocycles. The smallest absolute Gasteiger partial charge is 0.308 e. The van der Waals surface area contributed by atoms with Crippen LogP contribution in [0.3, 0.4) is 0 Å². The van der Waals surface area contributed by atoms with E-state index >= 15 is 0 Å². The van der Waals surface area contributed by atoms with Crippen LogP contribution >= 0.6 is 11.6 Å². The molecule has 0 saturated heterocycles. The first-order chi connectivity index (χ1) is 15.1. The van der Waals surface area contributed by atoms with Crippen LogP contribution in [0.5, 0.6) is 11.5 Å². The lowest BCUT2D eigenvalue weighted by Gasteiger charge is -2.24. The summed E-state index contributed by atoms with van der Waals surface area (Å²) in [7, 11) is 3.15. The zero-order valence-corrected chi connectivity index (χ0v) is 18.1. The van der Waals surface area contributed by atoms with E-state index in [9.17, 15) is 4.79 Å². The number of ether oxygens (including phenoxy) is 4. The molecule has 2 unspecified atom stereocenters. The number of para-hydroxylation sites is 1. The van der Waals surface area contributed by atoms with Gasteiger partial charge >= 0.3 is 5.97 Å². The number of hydrogen-bond donors (Lipinski definition) is 0. The second-order valence-corrected chi connectivity index (χ2v) is 7.30. The van der Waals surface area contributed by atoms with E-state index in [1.54, 1.807) is 33.5 Å². The lowest BCUT2D eigenvalue weighted by Crippen LogP contribution is -2.17. The number of fused-ring (bicyclic) bond motifs is 3. The average Bonchev–Trinajstić information content (AvgIpc) is 3.21. The summed E-state index contributed by atoms with van der Waals surface area (Å²) in [6.07, 6.45) is 0.264. The van der Waals surface area contributed by atoms with Gasteiger partial charge in [0.15, 0.2) is 17.3 Å². The first-order valence-electron chi connectivity index (χ1n) is 9.79. The molecule has 0 saturated carbocycles. The molecule has 1 aliphatic heterocycles. The minimum absolute atomic E-state index is 0.0168. The molecule has 0 spiro atoms. The van der Waals surface area contributed by atoms with Gasteiger partial charge in [-0.15, -0.1) is 10.2 Å². The number of hydrogen-bond acceptors (Lipinski definition) is 7. The van der Waals surface area contributed by atoms with Gasteiger partial charge in [0, 0.05) is 16.1 Å². The van der Waals surface area contributed by atoms with Gasteiger partial charge in [0.2, 0.25) is 0 Å². The Hall–Kier alpha value is -3.10. The molecule has 2 atom stereocenters. The van der Waals surface area contributed by atoms with E-state index < -0.39 is 12.2 Å². The van der Waals surface area contributed by atoms with Crippen molar-refractivity contribution in [2.24, 2.45) is 0 Å². The molecule has 0 aliphatic carbocycles. The van der Waals surface area contributed by atoms with Crippen LogP contribution in [0.2, 0.25) is 5.02 Å². The van der Waals surface area contributed by atoms with Gasteiger partial charge in [0.25, 0.3) is 0 Å². The Morgan fingerprint density at radius 3 is 2.77 bits per heavy atom. The molecule has 0 fully saturated rings. The molecule has 8 nitrogen and oxygen atoms in total. The number of carbonyl (C=O) groups is 1. The highest BCUT2D eigenvalue weighted by Crippen LogP contribution is 2.45. The lowest BCUT2D eigenvalue weighted by atomic mass is 9.98. The largest absolute Gasteiger partial charge is 0.493 e. The fourth-order valence-electron chi connectivity index (χ4n) is 3.77. The third kappa shape index (κ3) is 3.96. The Morgan fingerprint density at radius 1 is 1.19 bits per heavy atom. The molecular weight excluding hydrogens is 422 g/mol. The van der Waals surface area contributed by atoms with Crippen LogP contribution in [0.15, 0.2) is 42.7 Å². The molecule has 2 aromatic carbocycles. The summed E-state index contributed by atoms with van der Waals surface area (Å²) in [4.78, 5) is 12.3. The molecule has 9 heteroatoms. The monoisotopic (exact) mass is 443 g/mol. The predicted octanol–water partition coefficient (Wildman–Crippen LogP) is 4.05. The summed E-state index contributed by atoms with van der Waals surface area (Å²) in [5.41, 5.74) is 2.31. The predicted molar refractivity (Wildman–Crippen MR) is 113 cm³/mol. The topological polar surface area (TPSA) is 84.7 Å². The molecule has 1 aliphatic rings. The number of carbonyl (C=O) groups excluding carboxylic acids is 1. The molecule has 0 radical (unpaired) electrons. The fourth-order valence-corrected chi connectivity index (χ4v) is 3.95. The van der Waals surface area contributed by atoms with Crippen LogP contribution in [0.25, 0.3) is 5.69 Å². The number of rotatable bonds is 6. The molecule has 162 valence electrons. The van der Waals surface area contributed by atoms with Crippen molar-refractivity contribution in [1.29, 1.82) is 0 Å². The van der Waals surface area contributed by atoms with Gasteiger partial charge in [-0.05, 0) is 31.2 Å². The van der Waals surface area contributed by atoms with Gasteiger partial charge in [-0.3, -0.25) is 9.36 Å². The van der Waals surface area contributed by atoms with Gasteiger partial charge in [0.1, 0.15) is 18.5 Å². The zero-order valence-electron chi connectivity index (χ0n) is 17.4. The second kappa shape index (κ2) is 8.95. The molecular formula is C22H22ClN3O5. The van der Waals surface area contributed by atoms with Crippen molar-refractivity contribution in [2.45, 2.75) is 25.6 Å². The minimum atomic E-state index is -0.700. The highest BCUT2D eigenvalue weighted by atomic mass is 35.5. The van der Waals surface area contributed by atoms with E-state index in [2.05, 4.69) is 10.2 Å². The van der Waals surface area contributed by atoms with Crippen molar-refractivity contribution in [3.8, 4) is 17.2 Å². The minimum Gasteiger partial charge on any atom is -0.493 e. The highest BCUT2D eigenvalue weighted by Gasteiger charge is 2.35. The summed E-state index contributed by atoms with van der Waals surface area (Å²) in [6.45, 7) is 2.04. The van der Waals surface area contributed by atoms with Gasteiger partial charge in [-0.25, -0.2) is 0 Å². The van der Waals surface area contributed by atoms with E-state index in [4.69, 9.17) is 30.5 Å². The number of halogens is 1. The standard InChI is InChI=1S/C22H22ClN3O5/c1-4-30-19(27)11-18-22-25-24-12-26(22)16-9-8-13(23)10-15(16)20(31-18)14-6-5-7-17(28-2)21(14)29-3/h5-10,12,18,20H,4,11H2,1-3H3. The molecule has 3 aromatic rings. The summed E-state index contributed by atoms with van der Waals surface area (Å²) >= 11 is 6.35. The molecule has 0 N–H and O–H groups in total. The van der Waals surface area contributed by atoms with E-state index in [1.165, 1.54) is 0 Å². The molecule has 4 rings (SSSR count). The van der Waals surface area contributed by atoms with Crippen molar-refractivity contribution in [1.82, 2.24) is 14.8 Å². The van der Waals surface area contributed by atoms with E-state index in [0.29, 0.717) is 22.3 Å². The number of aromatic nitrogens is 3. The van der Waals surface area contributed by atoms with Gasteiger partial charge in [-0.2, -0.15) is 0 Å². The van der Waals surface area contributed by atoms with Crippen LogP contribution < -0.4 is 9.47 Å². The maximum absolute atomic E-state index is 12.3. The second-order valence-electron chi connectivity index (χ2n) is 6.86. The number of methoxy groups -OCH3 is 2.